The van der Waals surface area contributed by atoms with Crippen LogP contribution in [0.4, 0.5) is 0 Å². The summed E-state index contributed by atoms with van der Waals surface area (Å²) < 4.78 is 26.2. The van der Waals surface area contributed by atoms with Crippen molar-refractivity contribution >= 4 is 33.7 Å². The van der Waals surface area contributed by atoms with E-state index in [-0.39, 0.29) is 29.8 Å². The summed E-state index contributed by atoms with van der Waals surface area (Å²) in [6.45, 7) is 2.45. The van der Waals surface area contributed by atoms with Crippen molar-refractivity contribution < 1.29 is 23.1 Å². The second-order valence-corrected chi connectivity index (χ2v) is 8.27. The van der Waals surface area contributed by atoms with E-state index < -0.39 is 16.0 Å². The number of sulfonamides is 1. The Labute approximate surface area is 145 Å². The molecule has 132 valence electrons. The molecule has 2 rings (SSSR count). The van der Waals surface area contributed by atoms with E-state index in [9.17, 15) is 18.0 Å². The molecule has 0 aliphatic carbocycles. The number of nitrogens with one attached hydrogen (secondary N) is 1. The largest absolute Gasteiger partial charge is 0.481 e. The van der Waals surface area contributed by atoms with E-state index in [1.807, 2.05) is 0 Å². The van der Waals surface area contributed by atoms with Gasteiger partial charge >= 0.3 is 5.97 Å². The summed E-state index contributed by atoms with van der Waals surface area (Å²) in [6, 6.07) is 5.35. The lowest BCUT2D eigenvalue weighted by molar-refractivity contribution is -0.138. The molecule has 9 heteroatoms. The van der Waals surface area contributed by atoms with Crippen molar-refractivity contribution in [2.75, 3.05) is 24.6 Å². The number of carboxylic acids is 1. The Morgan fingerprint density at radius 3 is 2.58 bits per heavy atom. The third-order valence-corrected chi connectivity index (χ3v) is 6.30. The fraction of sp³-hybridized carbons (Fsp3) is 0.467. The first kappa shape index (κ1) is 18.8. The SMILES string of the molecule is CCNS(=O)(=O)c1ccc(C(=O)N2CCSCC2CC(=O)O)cc1. The molecule has 7 nitrogen and oxygen atoms in total. The number of thioether (sulfide) groups is 1. The first-order chi connectivity index (χ1) is 11.3. The average molecular weight is 372 g/mol. The van der Waals surface area contributed by atoms with Crippen LogP contribution in [0.2, 0.25) is 0 Å². The molecule has 1 fully saturated rings. The lowest BCUT2D eigenvalue weighted by atomic mass is 10.1. The quantitative estimate of drug-likeness (QED) is 0.773. The summed E-state index contributed by atoms with van der Waals surface area (Å²) in [6.07, 6.45) is -0.0916. The van der Waals surface area contributed by atoms with E-state index >= 15 is 0 Å². The van der Waals surface area contributed by atoms with E-state index in [1.54, 1.807) is 23.6 Å². The second kappa shape index (κ2) is 8.00. The minimum absolute atomic E-state index is 0.0916. The van der Waals surface area contributed by atoms with Crippen molar-refractivity contribution in [2.45, 2.75) is 24.3 Å². The Morgan fingerprint density at radius 2 is 2.00 bits per heavy atom. The predicted octanol–water partition coefficient (Wildman–Crippen LogP) is 1.02. The van der Waals surface area contributed by atoms with Gasteiger partial charge in [-0.05, 0) is 24.3 Å². The summed E-state index contributed by atoms with van der Waals surface area (Å²) in [5.74, 6) is 0.140. The normalized spacial score (nSPS) is 18.4. The molecule has 1 aliphatic rings. The van der Waals surface area contributed by atoms with E-state index in [0.717, 1.165) is 5.75 Å². The molecule has 1 aliphatic heterocycles. The van der Waals surface area contributed by atoms with Gasteiger partial charge < -0.3 is 10.0 Å². The van der Waals surface area contributed by atoms with E-state index in [0.29, 0.717) is 17.9 Å². The zero-order valence-corrected chi connectivity index (χ0v) is 14.9. The number of hydrogen-bond acceptors (Lipinski definition) is 5. The van der Waals surface area contributed by atoms with Crippen LogP contribution >= 0.6 is 11.8 Å². The highest BCUT2D eigenvalue weighted by atomic mass is 32.2. The van der Waals surface area contributed by atoms with Crippen molar-refractivity contribution in [3.05, 3.63) is 29.8 Å². The Morgan fingerprint density at radius 1 is 1.33 bits per heavy atom. The maximum absolute atomic E-state index is 12.6. The van der Waals surface area contributed by atoms with E-state index in [4.69, 9.17) is 5.11 Å². The van der Waals surface area contributed by atoms with Crippen LogP contribution in [0.25, 0.3) is 0 Å². The number of carboxylic acid groups (broad SMARTS) is 1. The van der Waals surface area contributed by atoms with Crippen molar-refractivity contribution in [3.63, 3.8) is 0 Å². The van der Waals surface area contributed by atoms with Gasteiger partial charge in [-0.25, -0.2) is 13.1 Å². The van der Waals surface area contributed by atoms with E-state index in [1.165, 1.54) is 24.3 Å². The molecule has 24 heavy (non-hydrogen) atoms. The highest BCUT2D eigenvalue weighted by molar-refractivity contribution is 7.99. The molecule has 1 atom stereocenters. The Bertz CT molecular complexity index is 703. The molecular weight excluding hydrogens is 352 g/mol. The third-order valence-electron chi connectivity index (χ3n) is 3.64. The lowest BCUT2D eigenvalue weighted by Gasteiger charge is -2.34. The fourth-order valence-electron chi connectivity index (χ4n) is 2.51. The fourth-order valence-corrected chi connectivity index (χ4v) is 4.61. The van der Waals surface area contributed by atoms with Crippen LogP contribution in [0.5, 0.6) is 0 Å². The van der Waals surface area contributed by atoms with Gasteiger partial charge in [-0.1, -0.05) is 6.92 Å². The van der Waals surface area contributed by atoms with Crippen molar-refractivity contribution in [1.82, 2.24) is 9.62 Å². The molecular formula is C15H20N2O5S2. The van der Waals surface area contributed by atoms with E-state index in [2.05, 4.69) is 4.72 Å². The summed E-state index contributed by atoms with van der Waals surface area (Å²) in [5, 5.41) is 8.99. The van der Waals surface area contributed by atoms with Gasteiger partial charge in [0.05, 0.1) is 17.4 Å². The molecule has 0 spiro atoms. The summed E-state index contributed by atoms with van der Waals surface area (Å²) in [7, 11) is -3.56. The highest BCUT2D eigenvalue weighted by Gasteiger charge is 2.29. The molecule has 0 radical (unpaired) electrons. The molecule has 2 N–H and O–H groups in total. The topological polar surface area (TPSA) is 104 Å². The molecule has 1 amide bonds. The van der Waals surface area contributed by atoms with Crippen molar-refractivity contribution in [1.29, 1.82) is 0 Å². The highest BCUT2D eigenvalue weighted by Crippen LogP contribution is 2.22. The molecule has 0 saturated carbocycles. The first-order valence-electron chi connectivity index (χ1n) is 7.55. The minimum atomic E-state index is -3.56. The van der Waals surface area contributed by atoms with Crippen molar-refractivity contribution in [3.8, 4) is 0 Å². The molecule has 0 aromatic heterocycles. The number of nitrogens with zero attached hydrogens (tertiary/aromatic N) is 1. The van der Waals surface area contributed by atoms with Gasteiger partial charge in [0, 0.05) is 30.2 Å². The van der Waals surface area contributed by atoms with Crippen molar-refractivity contribution in [2.24, 2.45) is 0 Å². The summed E-state index contributed by atoms with van der Waals surface area (Å²) in [5.41, 5.74) is 0.354. The first-order valence-corrected chi connectivity index (χ1v) is 10.2. The van der Waals surface area contributed by atoms with Gasteiger partial charge in [0.1, 0.15) is 0 Å². The number of carbonyl (C=O) groups is 2. The van der Waals surface area contributed by atoms with Gasteiger partial charge in [0.15, 0.2) is 0 Å². The van der Waals surface area contributed by atoms with Gasteiger partial charge in [-0.3, -0.25) is 9.59 Å². The summed E-state index contributed by atoms with van der Waals surface area (Å²) in [4.78, 5) is 25.3. The number of hydrogen-bond donors (Lipinski definition) is 2. The molecule has 1 aromatic carbocycles. The van der Waals surface area contributed by atoms with Crippen LogP contribution in [0.3, 0.4) is 0 Å². The van der Waals surface area contributed by atoms with Gasteiger partial charge in [-0.2, -0.15) is 11.8 Å². The molecule has 0 bridgehead atoms. The Kier molecular flexibility index (Phi) is 6.25. The molecule has 1 aromatic rings. The lowest BCUT2D eigenvalue weighted by Crippen LogP contribution is -2.47. The predicted molar refractivity (Wildman–Crippen MR) is 91.7 cm³/mol. The Balaban J connectivity index is 2.18. The third kappa shape index (κ3) is 4.49. The number of aliphatic carboxylic acids is 1. The molecule has 1 heterocycles. The minimum Gasteiger partial charge on any atom is -0.481 e. The Hall–Kier alpha value is -1.58. The second-order valence-electron chi connectivity index (χ2n) is 5.35. The monoisotopic (exact) mass is 372 g/mol. The van der Waals surface area contributed by atoms with Crippen LogP contribution in [-0.4, -0.2) is 60.9 Å². The zero-order chi connectivity index (χ0) is 17.7. The van der Waals surface area contributed by atoms with Crippen LogP contribution in [0.15, 0.2) is 29.2 Å². The van der Waals surface area contributed by atoms with Gasteiger partial charge in [0.25, 0.3) is 5.91 Å². The van der Waals surface area contributed by atoms with Crippen LogP contribution in [0.1, 0.15) is 23.7 Å². The molecule has 1 saturated heterocycles. The molecule has 1 unspecified atom stereocenters. The standard InChI is InChI=1S/C15H20N2O5S2/c1-2-16-24(21,22)13-5-3-11(4-6-13)15(20)17-7-8-23-10-12(17)9-14(18)19/h3-6,12,16H,2,7-10H2,1H3,(H,18,19). The number of amides is 1. The van der Waals surface area contributed by atoms with Crippen LogP contribution in [-0.2, 0) is 14.8 Å². The maximum Gasteiger partial charge on any atom is 0.305 e. The van der Waals surface area contributed by atoms with Gasteiger partial charge in [0.2, 0.25) is 10.0 Å². The summed E-state index contributed by atoms with van der Waals surface area (Å²) >= 11 is 1.63. The zero-order valence-electron chi connectivity index (χ0n) is 13.3. The van der Waals surface area contributed by atoms with Crippen LogP contribution in [0, 0.1) is 0 Å². The smallest absolute Gasteiger partial charge is 0.305 e. The number of rotatable bonds is 6. The average Bonchev–Trinajstić information content (AvgIpc) is 2.54. The van der Waals surface area contributed by atoms with Gasteiger partial charge in [-0.15, -0.1) is 0 Å². The number of carbonyl (C=O) groups excluding carboxylic acids is 1. The maximum atomic E-state index is 12.6. The number of benzene rings is 1. The van der Waals surface area contributed by atoms with Crippen LogP contribution < -0.4 is 4.72 Å².